The first kappa shape index (κ1) is 15.0. The molecule has 0 bridgehead atoms. The lowest BCUT2D eigenvalue weighted by Crippen LogP contribution is -2.38. The minimum absolute atomic E-state index is 0.0372. The van der Waals surface area contributed by atoms with Gasteiger partial charge in [0.25, 0.3) is 0 Å². The molecule has 0 aliphatic carbocycles. The zero-order valence-electron chi connectivity index (χ0n) is 11.0. The summed E-state index contributed by atoms with van der Waals surface area (Å²) in [5.41, 5.74) is 0.501. The van der Waals surface area contributed by atoms with Crippen LogP contribution in [0.4, 0.5) is 5.69 Å². The molecule has 0 aromatic heterocycles. The highest BCUT2D eigenvalue weighted by atomic mass is 16.5. The number of nitrogens with one attached hydrogen (secondary N) is 2. The number of hydrogen-bond acceptors (Lipinski definition) is 4. The van der Waals surface area contributed by atoms with Crippen molar-refractivity contribution in [3.8, 4) is 5.75 Å². The fourth-order valence-electron chi connectivity index (χ4n) is 1.31. The van der Waals surface area contributed by atoms with Gasteiger partial charge in [0.2, 0.25) is 0 Å². The molecule has 0 saturated heterocycles. The van der Waals surface area contributed by atoms with Crippen LogP contribution in [0.15, 0.2) is 24.3 Å². The van der Waals surface area contributed by atoms with Crippen LogP contribution >= 0.6 is 0 Å². The molecule has 0 unspecified atom stereocenters. The van der Waals surface area contributed by atoms with E-state index in [4.69, 9.17) is 9.84 Å². The second-order valence-corrected chi connectivity index (χ2v) is 3.97. The molecular weight excluding hydrogens is 248 g/mol. The molecule has 19 heavy (non-hydrogen) atoms. The number of hydrogen-bond donors (Lipinski definition) is 3. The Morgan fingerprint density at radius 1 is 1.26 bits per heavy atom. The van der Waals surface area contributed by atoms with Crippen LogP contribution in [0.2, 0.25) is 0 Å². The molecule has 1 atom stereocenters. The van der Waals surface area contributed by atoms with E-state index in [0.29, 0.717) is 18.0 Å². The summed E-state index contributed by atoms with van der Waals surface area (Å²) in [5.74, 6) is -0.862. The molecule has 1 rings (SSSR count). The number of aliphatic hydroxyl groups is 1. The second-order valence-electron chi connectivity index (χ2n) is 3.97. The van der Waals surface area contributed by atoms with Crippen molar-refractivity contribution in [2.75, 3.05) is 18.5 Å². The van der Waals surface area contributed by atoms with Gasteiger partial charge in [-0.25, -0.2) is 0 Å². The highest BCUT2D eigenvalue weighted by molar-refractivity contribution is 6.39. The van der Waals surface area contributed by atoms with Gasteiger partial charge in [-0.15, -0.1) is 0 Å². The van der Waals surface area contributed by atoms with Crippen LogP contribution in [-0.2, 0) is 9.59 Å². The van der Waals surface area contributed by atoms with Gasteiger partial charge in [-0.3, -0.25) is 9.59 Å². The van der Waals surface area contributed by atoms with E-state index in [1.54, 1.807) is 24.3 Å². The SMILES string of the molecule is CCOc1ccc(NC(=O)C(=O)NC[C@H](C)O)cc1. The van der Waals surface area contributed by atoms with Crippen molar-refractivity contribution in [2.45, 2.75) is 20.0 Å². The molecule has 0 aliphatic heterocycles. The Balaban J connectivity index is 2.49. The monoisotopic (exact) mass is 266 g/mol. The average Bonchev–Trinajstić information content (AvgIpc) is 2.38. The summed E-state index contributed by atoms with van der Waals surface area (Å²) >= 11 is 0. The number of carbonyl (C=O) groups is 2. The lowest BCUT2D eigenvalue weighted by molar-refractivity contribution is -0.136. The first-order valence-corrected chi connectivity index (χ1v) is 6.03. The highest BCUT2D eigenvalue weighted by Gasteiger charge is 2.13. The number of carbonyl (C=O) groups excluding carboxylic acids is 2. The molecule has 0 aliphatic rings. The van der Waals surface area contributed by atoms with Crippen LogP contribution < -0.4 is 15.4 Å². The van der Waals surface area contributed by atoms with E-state index in [9.17, 15) is 9.59 Å². The second kappa shape index (κ2) is 7.38. The maximum absolute atomic E-state index is 11.5. The van der Waals surface area contributed by atoms with Crippen molar-refractivity contribution in [2.24, 2.45) is 0 Å². The van der Waals surface area contributed by atoms with Gasteiger partial charge < -0.3 is 20.5 Å². The fourth-order valence-corrected chi connectivity index (χ4v) is 1.31. The van der Waals surface area contributed by atoms with Crippen LogP contribution in [0.25, 0.3) is 0 Å². The van der Waals surface area contributed by atoms with E-state index in [1.165, 1.54) is 6.92 Å². The maximum Gasteiger partial charge on any atom is 0.313 e. The summed E-state index contributed by atoms with van der Waals surface area (Å²) in [5, 5.41) is 13.7. The van der Waals surface area contributed by atoms with E-state index in [0.717, 1.165) is 0 Å². The van der Waals surface area contributed by atoms with Crippen LogP contribution in [0, 0.1) is 0 Å². The fraction of sp³-hybridized carbons (Fsp3) is 0.385. The van der Waals surface area contributed by atoms with Gasteiger partial charge in [-0.05, 0) is 38.1 Å². The Kier molecular flexibility index (Phi) is 5.81. The molecule has 3 N–H and O–H groups in total. The number of rotatable bonds is 5. The van der Waals surface area contributed by atoms with Crippen LogP contribution in [-0.4, -0.2) is 36.2 Å². The Morgan fingerprint density at radius 3 is 2.42 bits per heavy atom. The zero-order valence-corrected chi connectivity index (χ0v) is 11.0. The lowest BCUT2D eigenvalue weighted by Gasteiger charge is -2.08. The molecule has 1 aromatic rings. The van der Waals surface area contributed by atoms with Gasteiger partial charge in [0, 0.05) is 12.2 Å². The molecule has 2 amide bonds. The van der Waals surface area contributed by atoms with Crippen molar-refractivity contribution in [3.63, 3.8) is 0 Å². The van der Waals surface area contributed by atoms with Gasteiger partial charge >= 0.3 is 11.8 Å². The molecule has 0 radical (unpaired) electrons. The average molecular weight is 266 g/mol. The van der Waals surface area contributed by atoms with E-state index in [2.05, 4.69) is 10.6 Å². The van der Waals surface area contributed by atoms with Gasteiger partial charge in [0.1, 0.15) is 5.75 Å². The Labute approximate surface area is 111 Å². The summed E-state index contributed by atoms with van der Waals surface area (Å²) in [4.78, 5) is 22.9. The molecule has 1 aromatic carbocycles. The molecule has 104 valence electrons. The molecule has 0 spiro atoms. The van der Waals surface area contributed by atoms with E-state index >= 15 is 0 Å². The zero-order chi connectivity index (χ0) is 14.3. The largest absolute Gasteiger partial charge is 0.494 e. The van der Waals surface area contributed by atoms with E-state index in [-0.39, 0.29) is 6.54 Å². The van der Waals surface area contributed by atoms with Crippen molar-refractivity contribution < 1.29 is 19.4 Å². The minimum atomic E-state index is -0.783. The standard InChI is InChI=1S/C13H18N2O4/c1-3-19-11-6-4-10(5-7-11)15-13(18)12(17)14-8-9(2)16/h4-7,9,16H,3,8H2,1-2H3,(H,14,17)(H,15,18)/t9-/m0/s1. The number of amides is 2. The van der Waals surface area contributed by atoms with E-state index in [1.807, 2.05) is 6.92 Å². The minimum Gasteiger partial charge on any atom is -0.494 e. The van der Waals surface area contributed by atoms with Gasteiger partial charge in [0.15, 0.2) is 0 Å². The quantitative estimate of drug-likeness (QED) is 0.678. The molecule has 6 heteroatoms. The Hall–Kier alpha value is -2.08. The first-order valence-electron chi connectivity index (χ1n) is 6.03. The predicted molar refractivity (Wildman–Crippen MR) is 70.9 cm³/mol. The summed E-state index contributed by atoms with van der Waals surface area (Å²) in [7, 11) is 0. The number of anilines is 1. The number of benzene rings is 1. The summed E-state index contributed by atoms with van der Waals surface area (Å²) in [6.07, 6.45) is -0.692. The third-order valence-corrected chi connectivity index (χ3v) is 2.19. The van der Waals surface area contributed by atoms with Crippen molar-refractivity contribution in [3.05, 3.63) is 24.3 Å². The summed E-state index contributed by atoms with van der Waals surface area (Å²) in [6.45, 7) is 4.00. The lowest BCUT2D eigenvalue weighted by atomic mass is 10.3. The van der Waals surface area contributed by atoms with Crippen molar-refractivity contribution in [1.29, 1.82) is 0 Å². The Morgan fingerprint density at radius 2 is 1.89 bits per heavy atom. The number of ether oxygens (including phenoxy) is 1. The van der Waals surface area contributed by atoms with Gasteiger partial charge in [-0.1, -0.05) is 0 Å². The van der Waals surface area contributed by atoms with Crippen LogP contribution in [0.1, 0.15) is 13.8 Å². The smallest absolute Gasteiger partial charge is 0.313 e. The highest BCUT2D eigenvalue weighted by Crippen LogP contribution is 2.15. The topological polar surface area (TPSA) is 87.7 Å². The van der Waals surface area contributed by atoms with Crippen LogP contribution in [0.5, 0.6) is 5.75 Å². The molecule has 6 nitrogen and oxygen atoms in total. The van der Waals surface area contributed by atoms with Crippen LogP contribution in [0.3, 0.4) is 0 Å². The first-order chi connectivity index (χ1) is 9.02. The predicted octanol–water partition coefficient (Wildman–Crippen LogP) is 0.521. The van der Waals surface area contributed by atoms with E-state index < -0.39 is 17.9 Å². The van der Waals surface area contributed by atoms with Gasteiger partial charge in [0.05, 0.1) is 12.7 Å². The molecule has 0 heterocycles. The third-order valence-electron chi connectivity index (χ3n) is 2.19. The van der Waals surface area contributed by atoms with Crippen molar-refractivity contribution in [1.82, 2.24) is 5.32 Å². The summed E-state index contributed by atoms with van der Waals surface area (Å²) in [6, 6.07) is 6.69. The molecular formula is C13H18N2O4. The third kappa shape index (κ3) is 5.39. The molecule has 0 fully saturated rings. The normalized spacial score (nSPS) is 11.5. The van der Waals surface area contributed by atoms with Gasteiger partial charge in [-0.2, -0.15) is 0 Å². The summed E-state index contributed by atoms with van der Waals surface area (Å²) < 4.78 is 5.26. The van der Waals surface area contributed by atoms with Crippen molar-refractivity contribution >= 4 is 17.5 Å². The number of aliphatic hydroxyl groups excluding tert-OH is 1. The molecule has 0 saturated carbocycles. The Bertz CT molecular complexity index is 429. The maximum atomic E-state index is 11.5.